The number of rotatable bonds is 5. The molecule has 1 aliphatic heterocycles. The van der Waals surface area contributed by atoms with Crippen LogP contribution >= 0.6 is 7.37 Å². The van der Waals surface area contributed by atoms with Crippen LogP contribution in [0.1, 0.15) is 23.7 Å². The summed E-state index contributed by atoms with van der Waals surface area (Å²) in [4.78, 5) is 0. The highest BCUT2D eigenvalue weighted by atomic mass is 31.2. The van der Waals surface area contributed by atoms with Gasteiger partial charge in [0, 0.05) is 5.56 Å². The quantitative estimate of drug-likeness (QED) is 0.508. The first-order valence-electron chi connectivity index (χ1n) is 9.49. The highest BCUT2D eigenvalue weighted by Crippen LogP contribution is 2.64. The summed E-state index contributed by atoms with van der Waals surface area (Å²) in [5.41, 5.74) is 3.05. The molecular formula is C23H23N2O2P. The molecule has 0 radical (unpaired) electrons. The van der Waals surface area contributed by atoms with E-state index in [0.29, 0.717) is 18.6 Å². The van der Waals surface area contributed by atoms with E-state index in [9.17, 15) is 4.57 Å². The highest BCUT2D eigenvalue weighted by Gasteiger charge is 2.45. The van der Waals surface area contributed by atoms with Gasteiger partial charge in [-0.2, -0.15) is 5.10 Å². The summed E-state index contributed by atoms with van der Waals surface area (Å²) in [7, 11) is -3.23. The summed E-state index contributed by atoms with van der Waals surface area (Å²) in [6.45, 7) is 2.76. The molecule has 0 N–H and O–H groups in total. The van der Waals surface area contributed by atoms with Crippen molar-refractivity contribution in [2.45, 2.75) is 12.6 Å². The van der Waals surface area contributed by atoms with Crippen molar-refractivity contribution in [3.05, 3.63) is 102 Å². The van der Waals surface area contributed by atoms with E-state index in [1.54, 1.807) is 0 Å². The molecule has 1 aliphatic rings. The van der Waals surface area contributed by atoms with E-state index < -0.39 is 7.37 Å². The smallest absolute Gasteiger partial charge is 0.261 e. The summed E-state index contributed by atoms with van der Waals surface area (Å²) in [5.74, 6) is 0. The van der Waals surface area contributed by atoms with Crippen LogP contribution in [0.4, 0.5) is 5.69 Å². The molecule has 1 heterocycles. The maximum Gasteiger partial charge on any atom is 0.261 e. The molecule has 3 aromatic carbocycles. The predicted molar refractivity (Wildman–Crippen MR) is 115 cm³/mol. The SMILES string of the molecule is CCO[P@@]1(=O)C(c2ccccc2)=NN(c2ccccc2)C[C@@H]1c1ccccc1. The van der Waals surface area contributed by atoms with Gasteiger partial charge in [0.05, 0.1) is 24.5 Å². The predicted octanol–water partition coefficient (Wildman–Crippen LogP) is 5.92. The van der Waals surface area contributed by atoms with Crippen molar-refractivity contribution in [3.63, 3.8) is 0 Å². The van der Waals surface area contributed by atoms with Crippen molar-refractivity contribution in [2.24, 2.45) is 5.10 Å². The molecular weight excluding hydrogens is 367 g/mol. The Labute approximate surface area is 165 Å². The van der Waals surface area contributed by atoms with E-state index >= 15 is 0 Å². The molecule has 0 bridgehead atoms. The number of hydrogen-bond acceptors (Lipinski definition) is 4. The fraction of sp³-hybridized carbons (Fsp3) is 0.174. The number of anilines is 1. The molecule has 0 amide bonds. The van der Waals surface area contributed by atoms with Gasteiger partial charge in [-0.25, -0.2) is 0 Å². The maximum absolute atomic E-state index is 14.3. The first-order chi connectivity index (χ1) is 13.7. The fourth-order valence-corrected chi connectivity index (χ4v) is 6.20. The maximum atomic E-state index is 14.3. The molecule has 0 aliphatic carbocycles. The zero-order chi connectivity index (χ0) is 19.4. The van der Waals surface area contributed by atoms with Gasteiger partial charge in [-0.15, -0.1) is 0 Å². The van der Waals surface area contributed by atoms with E-state index in [1.165, 1.54) is 0 Å². The monoisotopic (exact) mass is 390 g/mol. The number of hydrazone groups is 1. The lowest BCUT2D eigenvalue weighted by molar-refractivity contribution is 0.334. The van der Waals surface area contributed by atoms with Crippen LogP contribution in [0.2, 0.25) is 0 Å². The first kappa shape index (κ1) is 18.7. The molecule has 0 aromatic heterocycles. The van der Waals surface area contributed by atoms with Gasteiger partial charge >= 0.3 is 0 Å². The van der Waals surface area contributed by atoms with Crippen LogP contribution in [-0.4, -0.2) is 18.6 Å². The van der Waals surface area contributed by atoms with E-state index in [-0.39, 0.29) is 5.66 Å². The lowest BCUT2D eigenvalue weighted by Crippen LogP contribution is -2.32. The van der Waals surface area contributed by atoms with Gasteiger partial charge in [-0.05, 0) is 24.6 Å². The Morgan fingerprint density at radius 3 is 2.11 bits per heavy atom. The van der Waals surface area contributed by atoms with Gasteiger partial charge in [0.1, 0.15) is 0 Å². The van der Waals surface area contributed by atoms with Crippen molar-refractivity contribution in [2.75, 3.05) is 18.2 Å². The van der Waals surface area contributed by atoms with E-state index in [1.807, 2.05) is 103 Å². The van der Waals surface area contributed by atoms with Gasteiger partial charge in [-0.3, -0.25) is 9.57 Å². The second-order valence-corrected chi connectivity index (χ2v) is 9.15. The third kappa shape index (κ3) is 3.54. The molecule has 0 saturated heterocycles. The Morgan fingerprint density at radius 1 is 0.929 bits per heavy atom. The number of hydrogen-bond donors (Lipinski definition) is 0. The molecule has 0 saturated carbocycles. The number of para-hydroxylation sites is 1. The number of nitrogens with zero attached hydrogens (tertiary/aromatic N) is 2. The first-order valence-corrected chi connectivity index (χ1v) is 11.2. The lowest BCUT2D eigenvalue weighted by atomic mass is 10.1. The Kier molecular flexibility index (Phi) is 5.43. The average Bonchev–Trinajstić information content (AvgIpc) is 2.76. The molecule has 0 spiro atoms. The molecule has 142 valence electrons. The molecule has 5 heteroatoms. The third-order valence-corrected chi connectivity index (χ3v) is 7.72. The number of benzene rings is 3. The third-order valence-electron chi connectivity index (χ3n) is 4.86. The van der Waals surface area contributed by atoms with Gasteiger partial charge in [0.2, 0.25) is 0 Å². The second kappa shape index (κ2) is 8.14. The van der Waals surface area contributed by atoms with Gasteiger partial charge in [0.15, 0.2) is 5.45 Å². The summed E-state index contributed by atoms with van der Waals surface area (Å²) < 4.78 is 20.3. The van der Waals surface area contributed by atoms with E-state index in [0.717, 1.165) is 16.8 Å². The molecule has 0 unspecified atom stereocenters. The van der Waals surface area contributed by atoms with Crippen molar-refractivity contribution in [1.29, 1.82) is 0 Å². The summed E-state index contributed by atoms with van der Waals surface area (Å²) in [6, 6.07) is 29.7. The summed E-state index contributed by atoms with van der Waals surface area (Å²) in [5, 5.41) is 6.77. The van der Waals surface area contributed by atoms with Crippen LogP contribution in [0.3, 0.4) is 0 Å². The van der Waals surface area contributed by atoms with E-state index in [2.05, 4.69) is 0 Å². The zero-order valence-electron chi connectivity index (χ0n) is 15.8. The van der Waals surface area contributed by atoms with Gasteiger partial charge < -0.3 is 4.52 Å². The minimum absolute atomic E-state index is 0.290. The molecule has 4 nitrogen and oxygen atoms in total. The van der Waals surface area contributed by atoms with Crippen molar-refractivity contribution in [1.82, 2.24) is 0 Å². The Balaban J connectivity index is 1.90. The molecule has 28 heavy (non-hydrogen) atoms. The highest BCUT2D eigenvalue weighted by molar-refractivity contribution is 7.77. The van der Waals surface area contributed by atoms with Crippen LogP contribution in [-0.2, 0) is 9.09 Å². The second-order valence-electron chi connectivity index (χ2n) is 6.65. The fourth-order valence-electron chi connectivity index (χ4n) is 3.54. The van der Waals surface area contributed by atoms with Crippen LogP contribution in [0.25, 0.3) is 0 Å². The van der Waals surface area contributed by atoms with Crippen molar-refractivity contribution < 1.29 is 9.09 Å². The molecule has 2 atom stereocenters. The van der Waals surface area contributed by atoms with Crippen LogP contribution < -0.4 is 5.01 Å². The summed E-state index contributed by atoms with van der Waals surface area (Å²) >= 11 is 0. The van der Waals surface area contributed by atoms with Gasteiger partial charge in [-0.1, -0.05) is 78.9 Å². The summed E-state index contributed by atoms with van der Waals surface area (Å²) in [6.07, 6.45) is 0. The Hall–Kier alpha value is -2.68. The topological polar surface area (TPSA) is 41.9 Å². The minimum atomic E-state index is -3.23. The van der Waals surface area contributed by atoms with Crippen molar-refractivity contribution >= 4 is 18.5 Å². The van der Waals surface area contributed by atoms with Crippen LogP contribution in [0, 0.1) is 0 Å². The molecule has 3 aromatic rings. The average molecular weight is 390 g/mol. The molecule has 0 fully saturated rings. The zero-order valence-corrected chi connectivity index (χ0v) is 16.7. The van der Waals surface area contributed by atoms with Crippen LogP contribution in [0.15, 0.2) is 96.1 Å². The minimum Gasteiger partial charge on any atom is -0.324 e. The Morgan fingerprint density at radius 2 is 1.50 bits per heavy atom. The van der Waals surface area contributed by atoms with E-state index in [4.69, 9.17) is 9.63 Å². The normalized spacial score (nSPS) is 22.0. The molecule has 4 rings (SSSR count). The van der Waals surface area contributed by atoms with Gasteiger partial charge in [0.25, 0.3) is 7.37 Å². The van der Waals surface area contributed by atoms with Crippen LogP contribution in [0.5, 0.6) is 0 Å². The lowest BCUT2D eigenvalue weighted by Gasteiger charge is -2.37. The Bertz CT molecular complexity index is 991. The standard InChI is InChI=1S/C23H23N2O2P/c1-2-27-28(26)22(19-12-6-3-7-13-19)18-25(21-16-10-5-11-17-21)24-23(28)20-14-8-4-9-15-20/h3-17,22H,2,18H2,1H3/t22-,28-/m1/s1. The largest absolute Gasteiger partial charge is 0.324 e. The van der Waals surface area contributed by atoms with Crippen molar-refractivity contribution in [3.8, 4) is 0 Å².